The molecule has 0 aliphatic heterocycles. The van der Waals surface area contributed by atoms with Gasteiger partial charge in [0, 0.05) is 0 Å². The van der Waals surface area contributed by atoms with Crippen LogP contribution in [0.15, 0.2) is 0 Å². The summed E-state index contributed by atoms with van der Waals surface area (Å²) in [6.45, 7) is 2.31. The zero-order chi connectivity index (χ0) is 13.7. The molecule has 0 aromatic carbocycles. The van der Waals surface area contributed by atoms with Crippen molar-refractivity contribution >= 4 is 10.2 Å². The first-order valence-corrected chi connectivity index (χ1v) is 9.33. The lowest BCUT2D eigenvalue weighted by Crippen LogP contribution is -2.35. The molecule has 108 valence electrons. The SMILES string of the molecule is CCCC1CCC(C2CCC(O)(C#C[SiH3])CC2)CC1. The molecule has 0 bridgehead atoms. The highest BCUT2D eigenvalue weighted by Gasteiger charge is 2.35. The van der Waals surface area contributed by atoms with Gasteiger partial charge in [-0.25, -0.2) is 0 Å². The maximum Gasteiger partial charge on any atom is 0.124 e. The Morgan fingerprint density at radius 2 is 1.63 bits per heavy atom. The molecule has 0 spiro atoms. The van der Waals surface area contributed by atoms with Crippen LogP contribution in [0.2, 0.25) is 0 Å². The average Bonchev–Trinajstić information content (AvgIpc) is 2.41. The third kappa shape index (κ3) is 4.10. The fourth-order valence-corrected chi connectivity index (χ4v) is 4.77. The molecule has 2 aliphatic rings. The highest BCUT2D eigenvalue weighted by molar-refractivity contribution is 6.22. The lowest BCUT2D eigenvalue weighted by Gasteiger charge is -2.39. The second-order valence-electron chi connectivity index (χ2n) is 6.81. The molecule has 0 aromatic rings. The molecule has 0 unspecified atom stereocenters. The molecule has 0 saturated heterocycles. The third-order valence-corrected chi connectivity index (χ3v) is 5.72. The molecule has 2 aliphatic carbocycles. The molecule has 0 heterocycles. The molecule has 2 fully saturated rings. The van der Waals surface area contributed by atoms with Crippen molar-refractivity contribution in [3.05, 3.63) is 0 Å². The van der Waals surface area contributed by atoms with Gasteiger partial charge in [0.2, 0.25) is 0 Å². The van der Waals surface area contributed by atoms with Crippen molar-refractivity contribution in [2.24, 2.45) is 17.8 Å². The predicted molar refractivity (Wildman–Crippen MR) is 85.0 cm³/mol. The smallest absolute Gasteiger partial charge is 0.124 e. The minimum atomic E-state index is -0.627. The fraction of sp³-hybridized carbons (Fsp3) is 0.882. The lowest BCUT2D eigenvalue weighted by molar-refractivity contribution is 0.0256. The molecule has 1 N–H and O–H groups in total. The summed E-state index contributed by atoms with van der Waals surface area (Å²) < 4.78 is 0. The molecular formula is C17H30OSi. The van der Waals surface area contributed by atoms with Crippen LogP contribution in [-0.2, 0) is 0 Å². The van der Waals surface area contributed by atoms with Crippen molar-refractivity contribution in [3.8, 4) is 11.5 Å². The minimum absolute atomic E-state index is 0.627. The molecule has 0 radical (unpaired) electrons. The standard InChI is InChI=1S/C17H30OSi/c1-2-3-14-4-6-15(7-5-14)16-8-10-17(18,11-9-16)12-13-19/h14-16,18H,2-11H2,1,19H3. The van der Waals surface area contributed by atoms with E-state index in [-0.39, 0.29) is 0 Å². The summed E-state index contributed by atoms with van der Waals surface area (Å²) in [6.07, 6.45) is 12.8. The van der Waals surface area contributed by atoms with Gasteiger partial charge < -0.3 is 5.11 Å². The van der Waals surface area contributed by atoms with Gasteiger partial charge in [0.25, 0.3) is 0 Å². The van der Waals surface area contributed by atoms with E-state index in [1.807, 2.05) is 0 Å². The Hall–Kier alpha value is -0.263. The van der Waals surface area contributed by atoms with Gasteiger partial charge in [-0.05, 0) is 56.3 Å². The van der Waals surface area contributed by atoms with Crippen LogP contribution >= 0.6 is 0 Å². The van der Waals surface area contributed by atoms with E-state index in [9.17, 15) is 5.11 Å². The molecule has 2 heteroatoms. The van der Waals surface area contributed by atoms with E-state index in [2.05, 4.69) is 18.4 Å². The second-order valence-corrected chi connectivity index (χ2v) is 7.31. The third-order valence-electron chi connectivity index (χ3n) is 5.47. The summed E-state index contributed by atoms with van der Waals surface area (Å²) in [5, 5.41) is 10.3. The highest BCUT2D eigenvalue weighted by Crippen LogP contribution is 2.43. The van der Waals surface area contributed by atoms with E-state index in [4.69, 9.17) is 0 Å². The molecule has 0 aromatic heterocycles. The van der Waals surface area contributed by atoms with Crippen LogP contribution in [0.4, 0.5) is 0 Å². The average molecular weight is 279 g/mol. The summed E-state index contributed by atoms with van der Waals surface area (Å²) in [5.41, 5.74) is 2.40. The summed E-state index contributed by atoms with van der Waals surface area (Å²) in [4.78, 5) is 0. The van der Waals surface area contributed by atoms with E-state index in [1.54, 1.807) is 0 Å². The molecule has 19 heavy (non-hydrogen) atoms. The monoisotopic (exact) mass is 278 g/mol. The van der Waals surface area contributed by atoms with Crippen molar-refractivity contribution in [2.45, 2.75) is 76.7 Å². The molecule has 2 rings (SSSR count). The number of rotatable bonds is 3. The molecule has 0 atom stereocenters. The van der Waals surface area contributed by atoms with Crippen molar-refractivity contribution < 1.29 is 5.11 Å². The van der Waals surface area contributed by atoms with Crippen LogP contribution in [0.1, 0.15) is 71.1 Å². The number of aliphatic hydroxyl groups is 1. The van der Waals surface area contributed by atoms with Crippen LogP contribution in [0.3, 0.4) is 0 Å². The Balaban J connectivity index is 1.78. The van der Waals surface area contributed by atoms with E-state index in [0.717, 1.165) is 40.8 Å². The van der Waals surface area contributed by atoms with Crippen molar-refractivity contribution in [1.29, 1.82) is 0 Å². The summed E-state index contributed by atoms with van der Waals surface area (Å²) in [7, 11) is 0.885. The van der Waals surface area contributed by atoms with Gasteiger partial charge in [-0.1, -0.05) is 38.5 Å². The van der Waals surface area contributed by atoms with E-state index in [0.29, 0.717) is 0 Å². The molecular weight excluding hydrogens is 248 g/mol. The van der Waals surface area contributed by atoms with Crippen LogP contribution in [0, 0.1) is 29.2 Å². The van der Waals surface area contributed by atoms with Crippen molar-refractivity contribution in [3.63, 3.8) is 0 Å². The zero-order valence-electron chi connectivity index (χ0n) is 12.8. The van der Waals surface area contributed by atoms with Gasteiger partial charge in [0.15, 0.2) is 0 Å². The molecule has 1 nitrogen and oxygen atoms in total. The van der Waals surface area contributed by atoms with Crippen LogP contribution in [-0.4, -0.2) is 21.0 Å². The van der Waals surface area contributed by atoms with Gasteiger partial charge in [0.1, 0.15) is 5.60 Å². The van der Waals surface area contributed by atoms with Gasteiger partial charge in [-0.15, -0.1) is 5.54 Å². The van der Waals surface area contributed by atoms with Crippen molar-refractivity contribution in [2.75, 3.05) is 0 Å². The van der Waals surface area contributed by atoms with Gasteiger partial charge in [-0.2, -0.15) is 0 Å². The number of hydrogen-bond donors (Lipinski definition) is 1. The van der Waals surface area contributed by atoms with E-state index < -0.39 is 5.60 Å². The number of hydrogen-bond acceptors (Lipinski definition) is 1. The Bertz CT molecular complexity index is 325. The maximum atomic E-state index is 10.3. The quantitative estimate of drug-likeness (QED) is 0.622. The van der Waals surface area contributed by atoms with Gasteiger partial charge >= 0.3 is 0 Å². The first kappa shape index (κ1) is 15.1. The Morgan fingerprint density at radius 1 is 1.05 bits per heavy atom. The van der Waals surface area contributed by atoms with Crippen LogP contribution in [0.5, 0.6) is 0 Å². The summed E-state index contributed by atoms with van der Waals surface area (Å²) in [5.74, 6) is 5.91. The normalized spacial score (nSPS) is 39.6. The Labute approximate surface area is 122 Å². The lowest BCUT2D eigenvalue weighted by atomic mass is 9.68. The Kier molecular flexibility index (Phi) is 5.54. The van der Waals surface area contributed by atoms with Crippen LogP contribution in [0.25, 0.3) is 0 Å². The van der Waals surface area contributed by atoms with Crippen molar-refractivity contribution in [1.82, 2.24) is 0 Å². The Morgan fingerprint density at radius 3 is 2.16 bits per heavy atom. The first-order chi connectivity index (χ1) is 9.17. The van der Waals surface area contributed by atoms with Gasteiger partial charge in [-0.3, -0.25) is 0 Å². The fourth-order valence-electron chi connectivity index (χ4n) is 4.30. The van der Waals surface area contributed by atoms with Gasteiger partial charge in [0.05, 0.1) is 10.2 Å². The first-order valence-electron chi connectivity index (χ1n) is 8.33. The predicted octanol–water partition coefficient (Wildman–Crippen LogP) is 2.84. The second kappa shape index (κ2) is 6.95. The summed E-state index contributed by atoms with van der Waals surface area (Å²) >= 11 is 0. The largest absolute Gasteiger partial charge is 0.378 e. The van der Waals surface area contributed by atoms with E-state index in [1.165, 1.54) is 51.4 Å². The highest BCUT2D eigenvalue weighted by atomic mass is 28.1. The zero-order valence-corrected chi connectivity index (χ0v) is 14.8. The summed E-state index contributed by atoms with van der Waals surface area (Å²) in [6, 6.07) is 0. The maximum absolute atomic E-state index is 10.3. The molecule has 2 saturated carbocycles. The topological polar surface area (TPSA) is 20.2 Å². The molecule has 0 amide bonds. The minimum Gasteiger partial charge on any atom is -0.378 e. The van der Waals surface area contributed by atoms with Crippen LogP contribution < -0.4 is 0 Å². The van der Waals surface area contributed by atoms with E-state index >= 15 is 0 Å².